The number of nitrogens with zero attached hydrogens (tertiary/aromatic N) is 1. The molecule has 116 valence electrons. The van der Waals surface area contributed by atoms with E-state index in [1.54, 1.807) is 7.11 Å². The summed E-state index contributed by atoms with van der Waals surface area (Å²) in [6.07, 6.45) is 3.08. The van der Waals surface area contributed by atoms with Crippen LogP contribution in [-0.4, -0.2) is 43.6 Å². The van der Waals surface area contributed by atoms with E-state index in [1.807, 2.05) is 24.3 Å². The summed E-state index contributed by atoms with van der Waals surface area (Å²) in [5.74, 6) is 0.154. The van der Waals surface area contributed by atoms with Gasteiger partial charge in [-0.05, 0) is 50.0 Å². The lowest BCUT2D eigenvalue weighted by atomic mass is 10.0. The Morgan fingerprint density at radius 1 is 1.38 bits per heavy atom. The van der Waals surface area contributed by atoms with E-state index in [0.29, 0.717) is 12.6 Å². The van der Waals surface area contributed by atoms with Crippen LogP contribution in [0.3, 0.4) is 0 Å². The largest absolute Gasteiger partial charge is 0.380 e. The molecule has 1 saturated heterocycles. The van der Waals surface area contributed by atoms with E-state index < -0.39 is 0 Å². The molecule has 1 aliphatic heterocycles. The SMILES string of the molecule is CCCN(C(=O)c1cccc(COC)c1)C1CCNCC1. The van der Waals surface area contributed by atoms with E-state index in [-0.39, 0.29) is 5.91 Å². The number of ether oxygens (including phenoxy) is 1. The van der Waals surface area contributed by atoms with Gasteiger partial charge < -0.3 is 15.0 Å². The molecular weight excluding hydrogens is 264 g/mol. The van der Waals surface area contributed by atoms with Crippen LogP contribution in [0.5, 0.6) is 0 Å². The number of carbonyl (C=O) groups is 1. The van der Waals surface area contributed by atoms with E-state index in [9.17, 15) is 4.79 Å². The predicted octanol–water partition coefficient (Wildman–Crippen LogP) is 2.44. The standard InChI is InChI=1S/C17H26N2O2/c1-3-11-19(16-7-9-18-10-8-16)17(20)15-6-4-5-14(12-15)13-21-2/h4-6,12,16,18H,3,7-11,13H2,1-2H3. The molecule has 1 amide bonds. The molecule has 0 aliphatic carbocycles. The van der Waals surface area contributed by atoms with Crippen molar-refractivity contribution < 1.29 is 9.53 Å². The van der Waals surface area contributed by atoms with Gasteiger partial charge in [0.05, 0.1) is 6.61 Å². The quantitative estimate of drug-likeness (QED) is 0.875. The van der Waals surface area contributed by atoms with Crippen molar-refractivity contribution in [3.63, 3.8) is 0 Å². The van der Waals surface area contributed by atoms with Crippen molar-refractivity contribution >= 4 is 5.91 Å². The number of rotatable bonds is 6. The third-order valence-corrected chi connectivity index (χ3v) is 3.96. The number of benzene rings is 1. The molecule has 4 nitrogen and oxygen atoms in total. The van der Waals surface area contributed by atoms with Gasteiger partial charge in [-0.1, -0.05) is 19.1 Å². The molecule has 21 heavy (non-hydrogen) atoms. The van der Waals surface area contributed by atoms with E-state index in [2.05, 4.69) is 17.1 Å². The third-order valence-electron chi connectivity index (χ3n) is 3.96. The van der Waals surface area contributed by atoms with Crippen LogP contribution >= 0.6 is 0 Å². The highest BCUT2D eigenvalue weighted by atomic mass is 16.5. The van der Waals surface area contributed by atoms with Crippen molar-refractivity contribution in [1.29, 1.82) is 0 Å². The van der Waals surface area contributed by atoms with Crippen molar-refractivity contribution in [3.8, 4) is 0 Å². The first kappa shape index (κ1) is 16.0. The Kier molecular flexibility index (Phi) is 6.21. The Labute approximate surface area is 127 Å². The maximum Gasteiger partial charge on any atom is 0.254 e. The van der Waals surface area contributed by atoms with Gasteiger partial charge in [0.1, 0.15) is 0 Å². The number of piperidine rings is 1. The van der Waals surface area contributed by atoms with Crippen LogP contribution in [0, 0.1) is 0 Å². The number of nitrogens with one attached hydrogen (secondary N) is 1. The smallest absolute Gasteiger partial charge is 0.254 e. The summed E-state index contributed by atoms with van der Waals surface area (Å²) in [6, 6.07) is 8.16. The highest BCUT2D eigenvalue weighted by Gasteiger charge is 2.25. The number of hydrogen-bond acceptors (Lipinski definition) is 3. The lowest BCUT2D eigenvalue weighted by Crippen LogP contribution is -2.46. The molecule has 1 aromatic rings. The first-order chi connectivity index (χ1) is 10.3. The zero-order valence-electron chi connectivity index (χ0n) is 13.1. The molecule has 0 unspecified atom stereocenters. The fraction of sp³-hybridized carbons (Fsp3) is 0.588. The van der Waals surface area contributed by atoms with E-state index in [4.69, 9.17) is 4.74 Å². The van der Waals surface area contributed by atoms with Crippen LogP contribution in [0.25, 0.3) is 0 Å². The van der Waals surface area contributed by atoms with Crippen LogP contribution in [0.15, 0.2) is 24.3 Å². The summed E-state index contributed by atoms with van der Waals surface area (Å²) < 4.78 is 5.15. The van der Waals surface area contributed by atoms with Gasteiger partial charge in [0.25, 0.3) is 5.91 Å². The summed E-state index contributed by atoms with van der Waals surface area (Å²) in [6.45, 7) is 5.51. The number of amides is 1. The summed E-state index contributed by atoms with van der Waals surface area (Å²) in [5.41, 5.74) is 1.82. The Morgan fingerprint density at radius 2 is 2.14 bits per heavy atom. The third kappa shape index (κ3) is 4.29. The Hall–Kier alpha value is -1.39. The van der Waals surface area contributed by atoms with Crippen molar-refractivity contribution in [2.75, 3.05) is 26.7 Å². The van der Waals surface area contributed by atoms with Gasteiger partial charge in [0, 0.05) is 25.3 Å². The molecule has 0 aromatic heterocycles. The Morgan fingerprint density at radius 3 is 2.81 bits per heavy atom. The average Bonchev–Trinajstić information content (AvgIpc) is 2.53. The lowest BCUT2D eigenvalue weighted by molar-refractivity contribution is 0.0642. The molecule has 1 aromatic carbocycles. The molecule has 0 spiro atoms. The molecule has 0 radical (unpaired) electrons. The molecule has 0 saturated carbocycles. The molecule has 1 fully saturated rings. The first-order valence-corrected chi connectivity index (χ1v) is 7.85. The molecule has 1 N–H and O–H groups in total. The zero-order valence-corrected chi connectivity index (χ0v) is 13.1. The molecule has 2 rings (SSSR count). The summed E-state index contributed by atoms with van der Waals surface area (Å²) in [7, 11) is 1.67. The molecule has 4 heteroatoms. The Bertz CT molecular complexity index is 456. The van der Waals surface area contributed by atoms with Crippen LogP contribution in [0.4, 0.5) is 0 Å². The monoisotopic (exact) mass is 290 g/mol. The molecule has 0 atom stereocenters. The van der Waals surface area contributed by atoms with E-state index >= 15 is 0 Å². The second kappa shape index (κ2) is 8.15. The highest BCUT2D eigenvalue weighted by Crippen LogP contribution is 2.17. The molecule has 0 bridgehead atoms. The minimum absolute atomic E-state index is 0.154. The van der Waals surface area contributed by atoms with Crippen molar-refractivity contribution in [3.05, 3.63) is 35.4 Å². The normalized spacial score (nSPS) is 15.9. The van der Waals surface area contributed by atoms with Gasteiger partial charge in [-0.25, -0.2) is 0 Å². The minimum Gasteiger partial charge on any atom is -0.380 e. The van der Waals surface area contributed by atoms with Crippen LogP contribution in [0.2, 0.25) is 0 Å². The van der Waals surface area contributed by atoms with Crippen molar-refractivity contribution in [2.45, 2.75) is 38.8 Å². The Balaban J connectivity index is 2.14. The summed E-state index contributed by atoms with van der Waals surface area (Å²) in [5, 5.41) is 3.36. The first-order valence-electron chi connectivity index (χ1n) is 7.85. The van der Waals surface area contributed by atoms with Crippen molar-refractivity contribution in [1.82, 2.24) is 10.2 Å². The molecular formula is C17H26N2O2. The fourth-order valence-electron chi connectivity index (χ4n) is 2.94. The topological polar surface area (TPSA) is 41.6 Å². The van der Waals surface area contributed by atoms with Crippen molar-refractivity contribution in [2.24, 2.45) is 0 Å². The summed E-state index contributed by atoms with van der Waals surface area (Å²) >= 11 is 0. The van der Waals surface area contributed by atoms with Gasteiger partial charge >= 0.3 is 0 Å². The average molecular weight is 290 g/mol. The van der Waals surface area contributed by atoms with Crippen LogP contribution in [0.1, 0.15) is 42.1 Å². The molecule has 1 heterocycles. The highest BCUT2D eigenvalue weighted by molar-refractivity contribution is 5.94. The number of carbonyl (C=O) groups excluding carboxylic acids is 1. The number of methoxy groups -OCH3 is 1. The van der Waals surface area contributed by atoms with E-state index in [0.717, 1.165) is 50.0 Å². The van der Waals surface area contributed by atoms with Gasteiger partial charge in [-0.3, -0.25) is 4.79 Å². The molecule has 1 aliphatic rings. The van der Waals surface area contributed by atoms with E-state index in [1.165, 1.54) is 0 Å². The maximum absolute atomic E-state index is 12.9. The number of hydrogen-bond donors (Lipinski definition) is 1. The second-order valence-corrected chi connectivity index (χ2v) is 5.61. The second-order valence-electron chi connectivity index (χ2n) is 5.61. The van der Waals surface area contributed by atoms with Gasteiger partial charge in [0.2, 0.25) is 0 Å². The predicted molar refractivity (Wildman–Crippen MR) is 84.4 cm³/mol. The maximum atomic E-state index is 12.9. The van der Waals surface area contributed by atoms with Gasteiger partial charge in [0.15, 0.2) is 0 Å². The van der Waals surface area contributed by atoms with Crippen LogP contribution in [-0.2, 0) is 11.3 Å². The fourth-order valence-corrected chi connectivity index (χ4v) is 2.94. The van der Waals surface area contributed by atoms with Gasteiger partial charge in [-0.2, -0.15) is 0 Å². The minimum atomic E-state index is 0.154. The zero-order chi connectivity index (χ0) is 15.1. The summed E-state index contributed by atoms with van der Waals surface area (Å²) in [4.78, 5) is 14.9. The lowest BCUT2D eigenvalue weighted by Gasteiger charge is -2.34. The van der Waals surface area contributed by atoms with Gasteiger partial charge in [-0.15, -0.1) is 0 Å². The van der Waals surface area contributed by atoms with Crippen LogP contribution < -0.4 is 5.32 Å².